The number of nitrogens with two attached hydrogens (primary N) is 1. The van der Waals surface area contributed by atoms with Gasteiger partial charge in [-0.25, -0.2) is 4.39 Å². The maximum absolute atomic E-state index is 13.8. The van der Waals surface area contributed by atoms with Gasteiger partial charge in [-0.15, -0.1) is 0 Å². The summed E-state index contributed by atoms with van der Waals surface area (Å²) < 4.78 is 19.7. The van der Waals surface area contributed by atoms with Crippen LogP contribution in [0.2, 0.25) is 0 Å². The van der Waals surface area contributed by atoms with E-state index in [0.29, 0.717) is 11.3 Å². The predicted octanol–water partition coefficient (Wildman–Crippen LogP) is 3.71. The number of benzene rings is 1. The lowest BCUT2D eigenvalue weighted by Gasteiger charge is -2.13. The van der Waals surface area contributed by atoms with Crippen LogP contribution >= 0.6 is 27.3 Å². The zero-order valence-corrected chi connectivity index (χ0v) is 11.5. The van der Waals surface area contributed by atoms with E-state index in [-0.39, 0.29) is 5.82 Å². The normalized spacial score (nSPS) is 12.5. The van der Waals surface area contributed by atoms with Crippen LogP contribution < -0.4 is 10.5 Å². The molecule has 2 aromatic rings. The largest absolute Gasteiger partial charge is 0.497 e. The topological polar surface area (TPSA) is 35.2 Å². The molecule has 0 aliphatic heterocycles. The zero-order valence-electron chi connectivity index (χ0n) is 9.11. The molecule has 0 amide bonds. The molecule has 1 aromatic carbocycles. The summed E-state index contributed by atoms with van der Waals surface area (Å²) in [6.07, 6.45) is 0. The van der Waals surface area contributed by atoms with E-state index in [1.54, 1.807) is 12.1 Å². The number of halogens is 2. The summed E-state index contributed by atoms with van der Waals surface area (Å²) >= 11 is 4.93. The lowest BCUT2D eigenvalue weighted by Crippen LogP contribution is -2.13. The molecule has 0 saturated carbocycles. The van der Waals surface area contributed by atoms with Gasteiger partial charge in [0.2, 0.25) is 0 Å². The molecule has 1 aromatic heterocycles. The molecule has 0 bridgehead atoms. The Morgan fingerprint density at radius 3 is 2.65 bits per heavy atom. The molecule has 1 heterocycles. The third-order valence-corrected chi connectivity index (χ3v) is 4.27. The van der Waals surface area contributed by atoms with Crippen molar-refractivity contribution < 1.29 is 9.13 Å². The smallest absolute Gasteiger partial charge is 0.132 e. The summed E-state index contributed by atoms with van der Waals surface area (Å²) in [6.45, 7) is 0. The van der Waals surface area contributed by atoms with Crippen LogP contribution in [0.1, 0.15) is 17.2 Å². The highest BCUT2D eigenvalue weighted by molar-refractivity contribution is 9.10. The van der Waals surface area contributed by atoms with Crippen molar-refractivity contribution in [1.29, 1.82) is 0 Å². The third kappa shape index (κ3) is 2.51. The molecule has 2 rings (SSSR count). The second-order valence-corrected chi connectivity index (χ2v) is 5.14. The van der Waals surface area contributed by atoms with Crippen LogP contribution in [0.5, 0.6) is 5.75 Å². The van der Waals surface area contributed by atoms with Gasteiger partial charge in [-0.1, -0.05) is 6.07 Å². The fourth-order valence-corrected chi connectivity index (χ4v) is 3.15. The van der Waals surface area contributed by atoms with Crippen LogP contribution in [0.3, 0.4) is 0 Å². The zero-order chi connectivity index (χ0) is 12.4. The quantitative estimate of drug-likeness (QED) is 0.937. The summed E-state index contributed by atoms with van der Waals surface area (Å²) in [5.74, 6) is 0.137. The molecule has 2 nitrogen and oxygen atoms in total. The number of ether oxygens (including phenoxy) is 1. The maximum Gasteiger partial charge on any atom is 0.132 e. The second kappa shape index (κ2) is 5.16. The number of rotatable bonds is 3. The molecule has 0 saturated heterocycles. The Morgan fingerprint density at radius 1 is 1.35 bits per heavy atom. The SMILES string of the molecule is COc1ccc(C(N)c2cscc2Br)c(F)c1. The first kappa shape index (κ1) is 12.5. The Kier molecular flexibility index (Phi) is 3.81. The predicted molar refractivity (Wildman–Crippen MR) is 71.0 cm³/mol. The molecule has 5 heteroatoms. The summed E-state index contributed by atoms with van der Waals surface area (Å²) in [4.78, 5) is 0. The van der Waals surface area contributed by atoms with Crippen LogP contribution in [0.25, 0.3) is 0 Å². The molecule has 0 spiro atoms. The first-order chi connectivity index (χ1) is 8.13. The standard InChI is InChI=1S/C12H11BrFNOS/c1-16-7-2-3-8(11(14)4-7)12(15)9-5-17-6-10(9)13/h2-6,12H,15H2,1H3. The number of thiophene rings is 1. The molecule has 2 N–H and O–H groups in total. The molecule has 1 atom stereocenters. The Labute approximate surface area is 111 Å². The summed E-state index contributed by atoms with van der Waals surface area (Å²) in [7, 11) is 1.50. The number of hydrogen-bond donors (Lipinski definition) is 1. The van der Waals surface area contributed by atoms with E-state index in [1.807, 2.05) is 10.8 Å². The van der Waals surface area contributed by atoms with Crippen molar-refractivity contribution in [3.63, 3.8) is 0 Å². The van der Waals surface area contributed by atoms with Gasteiger partial charge in [0, 0.05) is 21.5 Å². The summed E-state index contributed by atoms with van der Waals surface area (Å²) in [5.41, 5.74) is 7.40. The third-order valence-electron chi connectivity index (χ3n) is 2.52. The second-order valence-electron chi connectivity index (χ2n) is 3.54. The fraction of sp³-hybridized carbons (Fsp3) is 0.167. The molecule has 0 radical (unpaired) electrons. The maximum atomic E-state index is 13.8. The Bertz CT molecular complexity index is 529. The number of methoxy groups -OCH3 is 1. The average molecular weight is 316 g/mol. The van der Waals surface area contributed by atoms with Crippen molar-refractivity contribution in [2.45, 2.75) is 6.04 Å². The van der Waals surface area contributed by atoms with E-state index >= 15 is 0 Å². The van der Waals surface area contributed by atoms with Crippen LogP contribution in [0, 0.1) is 5.82 Å². The molecule has 90 valence electrons. The van der Waals surface area contributed by atoms with Crippen molar-refractivity contribution in [2.75, 3.05) is 7.11 Å². The van der Waals surface area contributed by atoms with Gasteiger partial charge in [0.05, 0.1) is 13.2 Å². The monoisotopic (exact) mass is 315 g/mol. The van der Waals surface area contributed by atoms with Gasteiger partial charge in [-0.3, -0.25) is 0 Å². The van der Waals surface area contributed by atoms with Crippen LogP contribution in [-0.2, 0) is 0 Å². The first-order valence-corrected chi connectivity index (χ1v) is 6.67. The van der Waals surface area contributed by atoms with Crippen molar-refractivity contribution in [2.24, 2.45) is 5.73 Å². The molecule has 0 aliphatic rings. The molecular weight excluding hydrogens is 305 g/mol. The molecule has 0 aliphatic carbocycles. The minimum Gasteiger partial charge on any atom is -0.497 e. The summed E-state index contributed by atoms with van der Waals surface area (Å²) in [5, 5.41) is 3.84. The minimum absolute atomic E-state index is 0.352. The number of hydrogen-bond acceptors (Lipinski definition) is 3. The van der Waals surface area contributed by atoms with Gasteiger partial charge in [0.15, 0.2) is 0 Å². The van der Waals surface area contributed by atoms with Gasteiger partial charge < -0.3 is 10.5 Å². The molecular formula is C12H11BrFNOS. The van der Waals surface area contributed by atoms with Crippen molar-refractivity contribution in [3.05, 3.63) is 50.4 Å². The van der Waals surface area contributed by atoms with Crippen molar-refractivity contribution in [3.8, 4) is 5.75 Å². The lowest BCUT2D eigenvalue weighted by molar-refractivity contribution is 0.410. The molecule has 0 fully saturated rings. The minimum atomic E-state index is -0.471. The lowest BCUT2D eigenvalue weighted by atomic mass is 10.0. The highest BCUT2D eigenvalue weighted by atomic mass is 79.9. The fourth-order valence-electron chi connectivity index (χ4n) is 1.57. The summed E-state index contributed by atoms with van der Waals surface area (Å²) in [6, 6.07) is 4.23. The van der Waals surface area contributed by atoms with Crippen molar-refractivity contribution in [1.82, 2.24) is 0 Å². The van der Waals surface area contributed by atoms with Gasteiger partial charge in [-0.2, -0.15) is 11.3 Å². The van der Waals surface area contributed by atoms with E-state index in [1.165, 1.54) is 24.5 Å². The van der Waals surface area contributed by atoms with E-state index in [4.69, 9.17) is 10.5 Å². The van der Waals surface area contributed by atoms with Crippen molar-refractivity contribution >= 4 is 27.3 Å². The van der Waals surface area contributed by atoms with Crippen LogP contribution in [0.15, 0.2) is 33.4 Å². The van der Waals surface area contributed by atoms with Crippen LogP contribution in [0.4, 0.5) is 4.39 Å². The Hall–Kier alpha value is -0.910. The van der Waals surface area contributed by atoms with E-state index < -0.39 is 6.04 Å². The van der Waals surface area contributed by atoms with E-state index in [0.717, 1.165) is 10.0 Å². The van der Waals surface area contributed by atoms with Gasteiger partial charge in [0.1, 0.15) is 11.6 Å². The van der Waals surface area contributed by atoms with E-state index in [9.17, 15) is 4.39 Å². The van der Waals surface area contributed by atoms with E-state index in [2.05, 4.69) is 15.9 Å². The van der Waals surface area contributed by atoms with Gasteiger partial charge >= 0.3 is 0 Å². The highest BCUT2D eigenvalue weighted by Gasteiger charge is 2.17. The average Bonchev–Trinajstić information content (AvgIpc) is 2.74. The van der Waals surface area contributed by atoms with Crippen LogP contribution in [-0.4, -0.2) is 7.11 Å². The highest BCUT2D eigenvalue weighted by Crippen LogP contribution is 2.32. The Morgan fingerprint density at radius 2 is 2.12 bits per heavy atom. The van der Waals surface area contributed by atoms with Gasteiger partial charge in [0.25, 0.3) is 0 Å². The molecule has 17 heavy (non-hydrogen) atoms. The molecule has 1 unspecified atom stereocenters. The Balaban J connectivity index is 2.38. The van der Waals surface area contributed by atoms with Gasteiger partial charge in [-0.05, 0) is 32.9 Å². The first-order valence-electron chi connectivity index (χ1n) is 4.94.